The summed E-state index contributed by atoms with van der Waals surface area (Å²) in [4.78, 5) is 21.6. The highest BCUT2D eigenvalue weighted by molar-refractivity contribution is 5.77. The van der Waals surface area contributed by atoms with Gasteiger partial charge < -0.3 is 14.8 Å². The third kappa shape index (κ3) is 6.17. The molecule has 0 bridgehead atoms. The number of hydrogen-bond donors (Lipinski definition) is 1. The van der Waals surface area contributed by atoms with Crippen LogP contribution in [0.1, 0.15) is 5.56 Å². The standard InChI is InChI=1S/C17H15F3N2O5/c18-17(19,20)12-6-7-15(14(10-12)22(24)25)27-11-16(23)21-8-9-26-13-4-2-1-3-5-13/h1-7,10H,8-9,11H2,(H,21,23). The number of nitro benzene ring substituents is 1. The molecule has 0 aliphatic carbocycles. The lowest BCUT2D eigenvalue weighted by molar-refractivity contribution is -0.386. The molecule has 0 saturated carbocycles. The van der Waals surface area contributed by atoms with E-state index in [4.69, 9.17) is 9.47 Å². The first-order chi connectivity index (χ1) is 12.8. The van der Waals surface area contributed by atoms with Crippen molar-refractivity contribution >= 4 is 11.6 Å². The molecule has 144 valence electrons. The Hall–Kier alpha value is -3.30. The predicted octanol–water partition coefficient (Wildman–Crippen LogP) is 3.19. The molecule has 0 aromatic heterocycles. The molecular formula is C17H15F3N2O5. The maximum Gasteiger partial charge on any atom is 0.416 e. The fraction of sp³-hybridized carbons (Fsp3) is 0.235. The monoisotopic (exact) mass is 384 g/mol. The molecule has 2 aromatic carbocycles. The number of para-hydroxylation sites is 1. The van der Waals surface area contributed by atoms with Crippen LogP contribution in [0, 0.1) is 10.1 Å². The number of benzene rings is 2. The van der Waals surface area contributed by atoms with E-state index in [-0.39, 0.29) is 13.2 Å². The van der Waals surface area contributed by atoms with Gasteiger partial charge >= 0.3 is 11.9 Å². The number of halogens is 3. The van der Waals surface area contributed by atoms with E-state index < -0.39 is 40.6 Å². The first-order valence-corrected chi connectivity index (χ1v) is 7.70. The van der Waals surface area contributed by atoms with Crippen LogP contribution in [0.5, 0.6) is 11.5 Å². The lowest BCUT2D eigenvalue weighted by Crippen LogP contribution is -2.32. The van der Waals surface area contributed by atoms with Gasteiger partial charge in [0.05, 0.1) is 17.0 Å². The summed E-state index contributed by atoms with van der Waals surface area (Å²) in [5.74, 6) is -0.395. The Balaban J connectivity index is 1.84. The number of alkyl halides is 3. The highest BCUT2D eigenvalue weighted by Crippen LogP contribution is 2.35. The normalized spacial score (nSPS) is 10.9. The molecule has 27 heavy (non-hydrogen) atoms. The number of nitrogens with zero attached hydrogens (tertiary/aromatic N) is 1. The van der Waals surface area contributed by atoms with E-state index in [0.717, 1.165) is 6.07 Å². The molecule has 0 aliphatic heterocycles. The van der Waals surface area contributed by atoms with Gasteiger partial charge in [-0.05, 0) is 24.3 Å². The molecule has 1 amide bonds. The van der Waals surface area contributed by atoms with Crippen molar-refractivity contribution in [2.75, 3.05) is 19.8 Å². The van der Waals surface area contributed by atoms with Crippen molar-refractivity contribution in [2.24, 2.45) is 0 Å². The summed E-state index contributed by atoms with van der Waals surface area (Å²) in [6.07, 6.45) is -4.72. The van der Waals surface area contributed by atoms with E-state index in [2.05, 4.69) is 5.32 Å². The van der Waals surface area contributed by atoms with Gasteiger partial charge in [-0.3, -0.25) is 14.9 Å². The second-order valence-corrected chi connectivity index (χ2v) is 5.24. The van der Waals surface area contributed by atoms with Crippen LogP contribution in [0.15, 0.2) is 48.5 Å². The zero-order chi connectivity index (χ0) is 19.9. The molecule has 2 rings (SSSR count). The third-order valence-corrected chi connectivity index (χ3v) is 3.28. The molecule has 10 heteroatoms. The molecule has 0 atom stereocenters. The van der Waals surface area contributed by atoms with E-state index in [0.29, 0.717) is 17.9 Å². The number of rotatable bonds is 8. The minimum Gasteiger partial charge on any atom is -0.492 e. The molecule has 2 aromatic rings. The number of hydrogen-bond acceptors (Lipinski definition) is 5. The lowest BCUT2D eigenvalue weighted by atomic mass is 10.2. The van der Waals surface area contributed by atoms with Crippen LogP contribution in [-0.4, -0.2) is 30.6 Å². The quantitative estimate of drug-likeness (QED) is 0.429. The van der Waals surface area contributed by atoms with Crippen LogP contribution in [0.25, 0.3) is 0 Å². The van der Waals surface area contributed by atoms with Gasteiger partial charge in [0.15, 0.2) is 12.4 Å². The summed E-state index contributed by atoms with van der Waals surface area (Å²) in [5.41, 5.74) is -2.05. The topological polar surface area (TPSA) is 90.7 Å². The lowest BCUT2D eigenvalue weighted by Gasteiger charge is -2.11. The fourth-order valence-corrected chi connectivity index (χ4v) is 2.03. The zero-order valence-electron chi connectivity index (χ0n) is 13.9. The largest absolute Gasteiger partial charge is 0.492 e. The molecule has 0 aliphatic rings. The molecule has 0 saturated heterocycles. The highest BCUT2D eigenvalue weighted by atomic mass is 19.4. The molecule has 0 fully saturated rings. The van der Waals surface area contributed by atoms with Crippen molar-refractivity contribution in [2.45, 2.75) is 6.18 Å². The number of nitro groups is 1. The van der Waals surface area contributed by atoms with E-state index in [9.17, 15) is 28.1 Å². The van der Waals surface area contributed by atoms with Gasteiger partial charge in [0.2, 0.25) is 0 Å². The molecular weight excluding hydrogens is 369 g/mol. The van der Waals surface area contributed by atoms with Gasteiger partial charge in [0.25, 0.3) is 5.91 Å². The second-order valence-electron chi connectivity index (χ2n) is 5.24. The van der Waals surface area contributed by atoms with E-state index in [1.807, 2.05) is 6.07 Å². The predicted molar refractivity (Wildman–Crippen MR) is 88.5 cm³/mol. The average molecular weight is 384 g/mol. The maximum absolute atomic E-state index is 12.6. The van der Waals surface area contributed by atoms with Gasteiger partial charge in [-0.25, -0.2) is 0 Å². The van der Waals surface area contributed by atoms with Crippen LogP contribution in [0.2, 0.25) is 0 Å². The van der Waals surface area contributed by atoms with Crippen LogP contribution < -0.4 is 14.8 Å². The SMILES string of the molecule is O=C(COc1ccc(C(F)(F)F)cc1[N+](=O)[O-])NCCOc1ccccc1. The third-order valence-electron chi connectivity index (χ3n) is 3.28. The smallest absolute Gasteiger partial charge is 0.416 e. The van der Waals surface area contributed by atoms with Crippen molar-refractivity contribution in [3.8, 4) is 11.5 Å². The summed E-state index contributed by atoms with van der Waals surface area (Å²) in [7, 11) is 0. The summed E-state index contributed by atoms with van der Waals surface area (Å²) >= 11 is 0. The van der Waals surface area contributed by atoms with Gasteiger partial charge in [-0.2, -0.15) is 13.2 Å². The Morgan fingerprint density at radius 3 is 2.44 bits per heavy atom. The molecule has 0 spiro atoms. The van der Waals surface area contributed by atoms with E-state index >= 15 is 0 Å². The average Bonchev–Trinajstić information content (AvgIpc) is 2.63. The minimum atomic E-state index is -4.72. The highest BCUT2D eigenvalue weighted by Gasteiger charge is 2.33. The Labute approximate surface area is 151 Å². The number of carbonyl (C=O) groups is 1. The summed E-state index contributed by atoms with van der Waals surface area (Å²) < 4.78 is 48.2. The van der Waals surface area contributed by atoms with Gasteiger partial charge in [-0.15, -0.1) is 0 Å². The fourth-order valence-electron chi connectivity index (χ4n) is 2.03. The van der Waals surface area contributed by atoms with Crippen LogP contribution in [0.4, 0.5) is 18.9 Å². The Morgan fingerprint density at radius 1 is 1.11 bits per heavy atom. The van der Waals surface area contributed by atoms with E-state index in [1.54, 1.807) is 24.3 Å². The first-order valence-electron chi connectivity index (χ1n) is 7.70. The van der Waals surface area contributed by atoms with Gasteiger partial charge in [-0.1, -0.05) is 18.2 Å². The number of carbonyl (C=O) groups excluding carboxylic acids is 1. The van der Waals surface area contributed by atoms with Crippen molar-refractivity contribution in [3.05, 3.63) is 64.2 Å². The maximum atomic E-state index is 12.6. The molecule has 7 nitrogen and oxygen atoms in total. The number of nitrogens with one attached hydrogen (secondary N) is 1. The Morgan fingerprint density at radius 2 is 1.81 bits per heavy atom. The Kier molecular flexibility index (Phi) is 6.58. The molecule has 0 heterocycles. The summed E-state index contributed by atoms with van der Waals surface area (Å²) in [6, 6.07) is 10.7. The summed E-state index contributed by atoms with van der Waals surface area (Å²) in [5, 5.41) is 13.4. The zero-order valence-corrected chi connectivity index (χ0v) is 13.9. The van der Waals surface area contributed by atoms with Crippen LogP contribution in [0.3, 0.4) is 0 Å². The molecule has 0 radical (unpaired) electrons. The van der Waals surface area contributed by atoms with Crippen LogP contribution >= 0.6 is 0 Å². The van der Waals surface area contributed by atoms with Crippen molar-refractivity contribution in [3.63, 3.8) is 0 Å². The van der Waals surface area contributed by atoms with Crippen LogP contribution in [-0.2, 0) is 11.0 Å². The van der Waals surface area contributed by atoms with Crippen molar-refractivity contribution < 1.29 is 32.4 Å². The van der Waals surface area contributed by atoms with Gasteiger partial charge in [0.1, 0.15) is 12.4 Å². The van der Waals surface area contributed by atoms with Gasteiger partial charge in [0, 0.05) is 6.07 Å². The van der Waals surface area contributed by atoms with E-state index in [1.165, 1.54) is 0 Å². The Bertz CT molecular complexity index is 797. The van der Waals surface area contributed by atoms with Crippen molar-refractivity contribution in [1.29, 1.82) is 0 Å². The first kappa shape index (κ1) is 20.0. The molecule has 1 N–H and O–H groups in total. The minimum absolute atomic E-state index is 0.159. The van der Waals surface area contributed by atoms with Crippen molar-refractivity contribution in [1.82, 2.24) is 5.32 Å². The second kappa shape index (κ2) is 8.88. The summed E-state index contributed by atoms with van der Waals surface area (Å²) in [6.45, 7) is -0.236. The number of ether oxygens (including phenoxy) is 2. The molecule has 0 unspecified atom stereocenters. The number of amides is 1.